The highest BCUT2D eigenvalue weighted by Crippen LogP contribution is 2.24. The minimum absolute atomic E-state index is 0.127. The summed E-state index contributed by atoms with van der Waals surface area (Å²) < 4.78 is 10.5. The van der Waals surface area contributed by atoms with Crippen LogP contribution in [0.25, 0.3) is 11.4 Å². The highest BCUT2D eigenvalue weighted by Gasteiger charge is 2.28. The fourth-order valence-corrected chi connectivity index (χ4v) is 1.75. The second kappa shape index (κ2) is 5.11. The summed E-state index contributed by atoms with van der Waals surface area (Å²) >= 11 is 0. The summed E-state index contributed by atoms with van der Waals surface area (Å²) in [7, 11) is 1.56. The van der Waals surface area contributed by atoms with Gasteiger partial charge in [-0.3, -0.25) is 4.79 Å². The average Bonchev–Trinajstić information content (AvgIpc) is 2.87. The lowest BCUT2D eigenvalue weighted by molar-refractivity contribution is -0.00786. The van der Waals surface area contributed by atoms with Crippen LogP contribution in [0.5, 0.6) is 0 Å². The first-order valence-corrected chi connectivity index (χ1v) is 6.78. The number of hydrogen-bond acceptors (Lipinski definition) is 5. The summed E-state index contributed by atoms with van der Waals surface area (Å²) in [5.74, 6) is 0.594. The number of aromatic nitrogens is 3. The Labute approximate surface area is 123 Å². The van der Waals surface area contributed by atoms with Crippen LogP contribution in [0.1, 0.15) is 46.2 Å². The van der Waals surface area contributed by atoms with Gasteiger partial charge in [0.05, 0.1) is 5.56 Å². The second-order valence-corrected chi connectivity index (χ2v) is 6.50. The molecule has 0 aliphatic carbocycles. The molecule has 2 rings (SSSR count). The van der Waals surface area contributed by atoms with Gasteiger partial charge in [-0.2, -0.15) is 4.98 Å². The smallest absolute Gasteiger partial charge is 0.259 e. The van der Waals surface area contributed by atoms with Crippen LogP contribution in [-0.4, -0.2) is 22.2 Å². The maximum absolute atomic E-state index is 12.2. The first-order chi connectivity index (χ1) is 9.65. The fourth-order valence-electron chi connectivity index (χ4n) is 1.75. The number of nitrogens with one attached hydrogen (secondary N) is 1. The zero-order valence-corrected chi connectivity index (χ0v) is 13.3. The number of pyridine rings is 1. The van der Waals surface area contributed by atoms with E-state index in [4.69, 9.17) is 9.26 Å². The Bertz CT molecular complexity index is 693. The highest BCUT2D eigenvalue weighted by atomic mass is 16.5. The number of hydrogen-bond donors (Lipinski definition) is 1. The number of rotatable bonds is 3. The fraction of sp³-hybridized carbons (Fsp3) is 0.533. The molecule has 2 aromatic heterocycles. The minimum atomic E-state index is -0.691. The second-order valence-electron chi connectivity index (χ2n) is 6.50. The molecule has 1 N–H and O–H groups in total. The quantitative estimate of drug-likeness (QED) is 0.940. The van der Waals surface area contributed by atoms with Gasteiger partial charge in [-0.15, -0.1) is 0 Å². The molecule has 2 aromatic rings. The molecule has 6 nitrogen and oxygen atoms in total. The van der Waals surface area contributed by atoms with Crippen LogP contribution >= 0.6 is 0 Å². The lowest BCUT2D eigenvalue weighted by Gasteiger charge is -2.18. The molecule has 2 heterocycles. The third-order valence-corrected chi connectivity index (χ3v) is 3.41. The molecule has 0 unspecified atom stereocenters. The Kier molecular flexibility index (Phi) is 3.76. The van der Waals surface area contributed by atoms with Crippen LogP contribution in [0.4, 0.5) is 0 Å². The minimum Gasteiger partial charge on any atom is -0.369 e. The van der Waals surface area contributed by atoms with Gasteiger partial charge in [0.2, 0.25) is 5.82 Å². The summed E-state index contributed by atoms with van der Waals surface area (Å²) in [4.78, 5) is 19.3. The lowest BCUT2D eigenvalue weighted by Crippen LogP contribution is -2.21. The zero-order valence-electron chi connectivity index (χ0n) is 13.3. The van der Waals surface area contributed by atoms with E-state index >= 15 is 0 Å². The van der Waals surface area contributed by atoms with E-state index in [1.165, 1.54) is 0 Å². The highest BCUT2D eigenvalue weighted by molar-refractivity contribution is 5.52. The predicted molar refractivity (Wildman–Crippen MR) is 79.1 cm³/mol. The molecule has 0 aromatic carbocycles. The molecule has 0 fully saturated rings. The van der Waals surface area contributed by atoms with Gasteiger partial charge < -0.3 is 14.2 Å². The van der Waals surface area contributed by atoms with Crippen molar-refractivity contribution in [1.82, 2.24) is 15.1 Å². The molecule has 0 saturated carbocycles. The molecule has 114 valence electrons. The molecular weight excluding hydrogens is 270 g/mol. The molecule has 0 aliphatic heterocycles. The Morgan fingerprint density at radius 3 is 2.38 bits per heavy atom. The summed E-state index contributed by atoms with van der Waals surface area (Å²) in [6, 6.07) is 3.59. The van der Waals surface area contributed by atoms with Gasteiger partial charge in [0.15, 0.2) is 0 Å². The van der Waals surface area contributed by atoms with Gasteiger partial charge in [0.25, 0.3) is 11.4 Å². The number of H-pyrrole nitrogens is 1. The van der Waals surface area contributed by atoms with Crippen molar-refractivity contribution in [2.24, 2.45) is 0 Å². The van der Waals surface area contributed by atoms with Crippen molar-refractivity contribution in [2.45, 2.75) is 45.6 Å². The van der Waals surface area contributed by atoms with Crippen molar-refractivity contribution in [1.29, 1.82) is 0 Å². The first-order valence-electron chi connectivity index (χ1n) is 6.78. The molecule has 0 radical (unpaired) electrons. The Morgan fingerprint density at radius 2 is 1.86 bits per heavy atom. The maximum atomic E-state index is 12.2. The zero-order chi connectivity index (χ0) is 15.8. The van der Waals surface area contributed by atoms with Crippen LogP contribution in [0.15, 0.2) is 21.5 Å². The first kappa shape index (κ1) is 15.4. The van der Waals surface area contributed by atoms with E-state index in [0.717, 1.165) is 5.69 Å². The van der Waals surface area contributed by atoms with Crippen molar-refractivity contribution < 1.29 is 9.26 Å². The largest absolute Gasteiger partial charge is 0.369 e. The number of ether oxygens (including phenoxy) is 1. The number of methoxy groups -OCH3 is 1. The van der Waals surface area contributed by atoms with Gasteiger partial charge in [-0.25, -0.2) is 0 Å². The van der Waals surface area contributed by atoms with Gasteiger partial charge in [-0.1, -0.05) is 25.9 Å². The Morgan fingerprint density at radius 1 is 1.19 bits per heavy atom. The third kappa shape index (κ3) is 3.05. The van der Waals surface area contributed by atoms with Crippen LogP contribution in [-0.2, 0) is 15.8 Å². The summed E-state index contributed by atoms with van der Waals surface area (Å²) in [6.45, 7) is 9.73. The normalized spacial score (nSPS) is 12.7. The van der Waals surface area contributed by atoms with Gasteiger partial charge in [0, 0.05) is 18.2 Å². The summed E-state index contributed by atoms with van der Waals surface area (Å²) in [5, 5.41) is 3.87. The average molecular weight is 291 g/mol. The maximum Gasteiger partial charge on any atom is 0.259 e. The summed E-state index contributed by atoms with van der Waals surface area (Å²) in [6.07, 6.45) is 0. The van der Waals surface area contributed by atoms with E-state index in [1.807, 2.05) is 40.7 Å². The van der Waals surface area contributed by atoms with Crippen LogP contribution in [0, 0.1) is 0 Å². The van der Waals surface area contributed by atoms with Crippen LogP contribution < -0.4 is 5.56 Å². The number of aromatic amines is 1. The van der Waals surface area contributed by atoms with E-state index in [0.29, 0.717) is 11.5 Å². The predicted octanol–water partition coefficient (Wildman–Crippen LogP) is 2.60. The molecule has 0 bridgehead atoms. The van der Waals surface area contributed by atoms with E-state index < -0.39 is 5.60 Å². The molecule has 0 aliphatic rings. The lowest BCUT2D eigenvalue weighted by atomic mass is 9.91. The SMILES string of the molecule is COC(C)(C)c1nc(-c2ccc(C(C)(C)C)[nH]c2=O)no1. The molecule has 6 heteroatoms. The summed E-state index contributed by atoms with van der Waals surface area (Å²) in [5.41, 5.74) is 0.189. The topological polar surface area (TPSA) is 81.0 Å². The van der Waals surface area contributed by atoms with E-state index in [-0.39, 0.29) is 16.8 Å². The van der Waals surface area contributed by atoms with Crippen LogP contribution in [0.2, 0.25) is 0 Å². The Hall–Kier alpha value is -1.95. The van der Waals surface area contributed by atoms with Crippen molar-refractivity contribution in [2.75, 3.05) is 7.11 Å². The number of nitrogens with zero attached hydrogens (tertiary/aromatic N) is 2. The third-order valence-electron chi connectivity index (χ3n) is 3.41. The van der Waals surface area contributed by atoms with Crippen molar-refractivity contribution in [3.63, 3.8) is 0 Å². The molecular formula is C15H21N3O3. The molecule has 0 atom stereocenters. The molecule has 0 saturated heterocycles. The Balaban J connectivity index is 2.43. The van der Waals surface area contributed by atoms with Gasteiger partial charge in [-0.05, 0) is 26.0 Å². The van der Waals surface area contributed by atoms with Crippen molar-refractivity contribution in [3.05, 3.63) is 34.1 Å². The van der Waals surface area contributed by atoms with Crippen LogP contribution in [0.3, 0.4) is 0 Å². The standard InChI is InChI=1S/C15H21N3O3/c1-14(2,3)10-8-7-9(12(19)16-10)11-17-13(21-18-11)15(4,5)20-6/h7-8H,1-6H3,(H,16,19). The van der Waals surface area contributed by atoms with Gasteiger partial charge >= 0.3 is 0 Å². The van der Waals surface area contributed by atoms with E-state index in [2.05, 4.69) is 15.1 Å². The molecule has 0 amide bonds. The monoisotopic (exact) mass is 291 g/mol. The van der Waals surface area contributed by atoms with Crippen molar-refractivity contribution >= 4 is 0 Å². The van der Waals surface area contributed by atoms with E-state index in [9.17, 15) is 4.79 Å². The van der Waals surface area contributed by atoms with Crippen molar-refractivity contribution in [3.8, 4) is 11.4 Å². The van der Waals surface area contributed by atoms with Gasteiger partial charge in [0.1, 0.15) is 5.60 Å². The molecule has 21 heavy (non-hydrogen) atoms. The molecule has 0 spiro atoms. The van der Waals surface area contributed by atoms with E-state index in [1.54, 1.807) is 13.2 Å².